The van der Waals surface area contributed by atoms with Crippen molar-refractivity contribution in [3.8, 4) is 6.07 Å². The zero-order valence-corrected chi connectivity index (χ0v) is 11.6. The van der Waals surface area contributed by atoms with Gasteiger partial charge in [0, 0.05) is 10.6 Å². The van der Waals surface area contributed by atoms with Gasteiger partial charge in [-0.05, 0) is 30.2 Å². The predicted molar refractivity (Wildman–Crippen MR) is 75.8 cm³/mol. The Morgan fingerprint density at radius 2 is 2.41 bits per heavy atom. The highest BCUT2D eigenvalue weighted by Gasteiger charge is 2.16. The van der Waals surface area contributed by atoms with Crippen LogP contribution >= 0.6 is 23.1 Å². The van der Waals surface area contributed by atoms with Crippen LogP contribution in [0.5, 0.6) is 0 Å². The molecule has 0 saturated carbocycles. The van der Waals surface area contributed by atoms with Crippen LogP contribution in [-0.2, 0) is 12.2 Å². The molecule has 0 fully saturated rings. The van der Waals surface area contributed by atoms with Gasteiger partial charge in [0.05, 0.1) is 22.2 Å². The maximum atomic E-state index is 9.10. The zero-order valence-electron chi connectivity index (χ0n) is 9.95. The number of nitrogens with zero attached hydrogens (tertiary/aromatic N) is 1. The van der Waals surface area contributed by atoms with E-state index in [9.17, 15) is 0 Å². The predicted octanol–water partition coefficient (Wildman–Crippen LogP) is 3.53. The van der Waals surface area contributed by atoms with E-state index >= 15 is 0 Å². The van der Waals surface area contributed by atoms with Gasteiger partial charge in [-0.1, -0.05) is 13.3 Å². The van der Waals surface area contributed by atoms with Crippen LogP contribution in [0.1, 0.15) is 35.1 Å². The fourth-order valence-corrected chi connectivity index (χ4v) is 4.29. The van der Waals surface area contributed by atoms with E-state index < -0.39 is 0 Å². The molecule has 0 atom stereocenters. The zero-order chi connectivity index (χ0) is 12.3. The number of hydrogen-bond acceptors (Lipinski definition) is 4. The molecule has 0 amide bonds. The molecule has 1 aliphatic heterocycles. The molecule has 1 aromatic heterocycles. The third kappa shape index (κ3) is 2.67. The number of thioether (sulfide) groups is 1. The first-order chi connectivity index (χ1) is 8.26. The fourth-order valence-electron chi connectivity index (χ4n) is 1.93. The summed E-state index contributed by atoms with van der Waals surface area (Å²) in [6.07, 6.45) is 2.89. The normalized spacial score (nSPS) is 16.0. The van der Waals surface area contributed by atoms with Gasteiger partial charge in [-0.3, -0.25) is 0 Å². The van der Waals surface area contributed by atoms with Gasteiger partial charge in [0.1, 0.15) is 0 Å². The average Bonchev–Trinajstić information content (AvgIpc) is 2.78. The highest BCUT2D eigenvalue weighted by Crippen LogP contribution is 2.34. The summed E-state index contributed by atoms with van der Waals surface area (Å²) in [5, 5.41) is 9.10. The lowest BCUT2D eigenvalue weighted by Crippen LogP contribution is -1.99. The highest BCUT2D eigenvalue weighted by molar-refractivity contribution is 7.98. The molecule has 0 aliphatic carbocycles. The molecule has 2 N–H and O–H groups in total. The molecule has 0 spiro atoms. The second-order valence-corrected chi connectivity index (χ2v) is 6.36. The molecule has 1 aromatic rings. The van der Waals surface area contributed by atoms with Crippen LogP contribution in [0.3, 0.4) is 0 Å². The van der Waals surface area contributed by atoms with E-state index in [4.69, 9.17) is 11.0 Å². The van der Waals surface area contributed by atoms with Gasteiger partial charge >= 0.3 is 0 Å². The van der Waals surface area contributed by atoms with Crippen LogP contribution in [0.15, 0.2) is 11.6 Å². The highest BCUT2D eigenvalue weighted by atomic mass is 32.2. The SMILES string of the molecule is CCCC(C#N)=C(N)c1cc2c(s1)CCSC2. The molecule has 0 aromatic carbocycles. The topological polar surface area (TPSA) is 49.8 Å². The maximum Gasteiger partial charge on any atom is 0.0969 e. The molecular formula is C13H16N2S2. The van der Waals surface area contributed by atoms with Crippen LogP contribution in [0.2, 0.25) is 0 Å². The molecule has 4 heteroatoms. The second kappa shape index (κ2) is 5.61. The van der Waals surface area contributed by atoms with Crippen molar-refractivity contribution in [1.82, 2.24) is 0 Å². The van der Waals surface area contributed by atoms with Crippen molar-refractivity contribution >= 4 is 28.8 Å². The number of fused-ring (bicyclic) bond motifs is 1. The molecule has 2 rings (SSSR count). The average molecular weight is 264 g/mol. The molecule has 90 valence electrons. The van der Waals surface area contributed by atoms with Crippen molar-refractivity contribution in [1.29, 1.82) is 5.26 Å². The van der Waals surface area contributed by atoms with Gasteiger partial charge in [0.25, 0.3) is 0 Å². The maximum absolute atomic E-state index is 9.10. The van der Waals surface area contributed by atoms with Crippen molar-refractivity contribution in [2.24, 2.45) is 5.73 Å². The van der Waals surface area contributed by atoms with Crippen LogP contribution < -0.4 is 5.73 Å². The molecule has 0 bridgehead atoms. The molecule has 0 unspecified atom stereocenters. The minimum absolute atomic E-state index is 0.693. The molecule has 2 heterocycles. The first kappa shape index (κ1) is 12.5. The van der Waals surface area contributed by atoms with Gasteiger partial charge in [0.2, 0.25) is 0 Å². The summed E-state index contributed by atoms with van der Waals surface area (Å²) in [6.45, 7) is 2.07. The van der Waals surface area contributed by atoms with Gasteiger partial charge in [-0.15, -0.1) is 11.3 Å². The molecule has 17 heavy (non-hydrogen) atoms. The summed E-state index contributed by atoms with van der Waals surface area (Å²) in [6, 6.07) is 4.41. The van der Waals surface area contributed by atoms with E-state index in [1.54, 1.807) is 11.3 Å². The van der Waals surface area contributed by atoms with Crippen LogP contribution in [0.4, 0.5) is 0 Å². The number of allylic oxidation sites excluding steroid dienone is 1. The Bertz CT molecular complexity index is 457. The Morgan fingerprint density at radius 1 is 1.59 bits per heavy atom. The van der Waals surface area contributed by atoms with E-state index in [1.807, 2.05) is 11.8 Å². The lowest BCUT2D eigenvalue weighted by molar-refractivity contribution is 0.929. The molecule has 0 saturated heterocycles. The second-order valence-electron chi connectivity index (χ2n) is 4.12. The minimum atomic E-state index is 0.693. The fraction of sp³-hybridized carbons (Fsp3) is 0.462. The largest absolute Gasteiger partial charge is 0.397 e. The quantitative estimate of drug-likeness (QED) is 0.850. The standard InChI is InChI=1S/C13H16N2S2/c1-2-3-9(7-14)13(15)12-6-10-8-16-5-4-11(10)17-12/h6H,2-5,8,15H2,1H3. The first-order valence-corrected chi connectivity index (χ1v) is 7.81. The van der Waals surface area contributed by atoms with E-state index in [2.05, 4.69) is 19.1 Å². The summed E-state index contributed by atoms with van der Waals surface area (Å²) in [5.74, 6) is 2.30. The van der Waals surface area contributed by atoms with E-state index in [1.165, 1.54) is 16.2 Å². The Balaban J connectivity index is 2.33. The summed E-state index contributed by atoms with van der Waals surface area (Å²) in [7, 11) is 0. The summed E-state index contributed by atoms with van der Waals surface area (Å²) >= 11 is 3.74. The Labute approximate surface area is 111 Å². The number of nitriles is 1. The molecular weight excluding hydrogens is 248 g/mol. The summed E-state index contributed by atoms with van der Waals surface area (Å²) in [5.41, 5.74) is 8.95. The lowest BCUT2D eigenvalue weighted by atomic mass is 10.1. The van der Waals surface area contributed by atoms with Crippen LogP contribution in [-0.4, -0.2) is 5.75 Å². The number of rotatable bonds is 3. The van der Waals surface area contributed by atoms with Gasteiger partial charge in [-0.2, -0.15) is 17.0 Å². The Morgan fingerprint density at radius 3 is 3.06 bits per heavy atom. The van der Waals surface area contributed by atoms with E-state index in [0.717, 1.165) is 35.5 Å². The van der Waals surface area contributed by atoms with Crippen molar-refractivity contribution in [2.45, 2.75) is 31.9 Å². The third-order valence-electron chi connectivity index (χ3n) is 2.85. The van der Waals surface area contributed by atoms with Crippen molar-refractivity contribution in [3.05, 3.63) is 27.0 Å². The van der Waals surface area contributed by atoms with Crippen LogP contribution in [0.25, 0.3) is 5.70 Å². The number of nitrogens with two attached hydrogens (primary N) is 1. The molecule has 1 aliphatic rings. The Kier molecular flexibility index (Phi) is 4.14. The summed E-state index contributed by atoms with van der Waals surface area (Å²) < 4.78 is 0. The molecule has 2 nitrogen and oxygen atoms in total. The number of aryl methyl sites for hydroxylation is 1. The van der Waals surface area contributed by atoms with Gasteiger partial charge in [0.15, 0.2) is 0 Å². The van der Waals surface area contributed by atoms with Gasteiger partial charge in [-0.25, -0.2) is 0 Å². The van der Waals surface area contributed by atoms with Crippen molar-refractivity contribution in [3.63, 3.8) is 0 Å². The monoisotopic (exact) mass is 264 g/mol. The number of hydrogen-bond donors (Lipinski definition) is 1. The Hall–Kier alpha value is -0.920. The van der Waals surface area contributed by atoms with Crippen LogP contribution in [0, 0.1) is 11.3 Å². The summed E-state index contributed by atoms with van der Waals surface area (Å²) in [4.78, 5) is 2.54. The first-order valence-electron chi connectivity index (χ1n) is 5.84. The number of thiophene rings is 1. The van der Waals surface area contributed by atoms with Gasteiger partial charge < -0.3 is 5.73 Å². The van der Waals surface area contributed by atoms with Crippen molar-refractivity contribution < 1.29 is 0 Å². The third-order valence-corrected chi connectivity index (χ3v) is 5.13. The van der Waals surface area contributed by atoms with E-state index in [0.29, 0.717) is 5.70 Å². The smallest absolute Gasteiger partial charge is 0.0969 e. The van der Waals surface area contributed by atoms with E-state index in [-0.39, 0.29) is 0 Å². The lowest BCUT2D eigenvalue weighted by Gasteiger charge is -2.08. The minimum Gasteiger partial charge on any atom is -0.397 e. The van der Waals surface area contributed by atoms with Crippen molar-refractivity contribution in [2.75, 3.05) is 5.75 Å². The molecule has 0 radical (unpaired) electrons.